The summed E-state index contributed by atoms with van der Waals surface area (Å²) in [6.45, 7) is 0.559. The molecule has 1 saturated heterocycles. The van der Waals surface area contributed by atoms with Gasteiger partial charge in [0.25, 0.3) is 0 Å². The Labute approximate surface area is 96.3 Å². The molecule has 2 nitrogen and oxygen atoms in total. The van der Waals surface area contributed by atoms with Crippen LogP contribution in [0.15, 0.2) is 18.3 Å². The van der Waals surface area contributed by atoms with E-state index in [1.54, 1.807) is 4.90 Å². The molecule has 94 valence electrons. The Morgan fingerprint density at radius 1 is 1.41 bits per heavy atom. The first kappa shape index (κ1) is 12.1. The van der Waals surface area contributed by atoms with Crippen LogP contribution in [0.2, 0.25) is 0 Å². The molecule has 2 rings (SSSR count). The molecule has 0 N–H and O–H groups in total. The van der Waals surface area contributed by atoms with Crippen molar-refractivity contribution >= 4 is 5.82 Å². The van der Waals surface area contributed by atoms with Gasteiger partial charge in [0.1, 0.15) is 5.82 Å². The second-order valence-corrected chi connectivity index (χ2v) is 4.16. The number of anilines is 1. The van der Waals surface area contributed by atoms with Gasteiger partial charge in [-0.15, -0.1) is 0 Å². The number of pyridine rings is 1. The van der Waals surface area contributed by atoms with Crippen molar-refractivity contribution in [1.29, 1.82) is 0 Å². The molecule has 1 aromatic rings. The Hall–Kier alpha value is -1.33. The van der Waals surface area contributed by atoms with Gasteiger partial charge in [-0.25, -0.2) is 4.98 Å². The second kappa shape index (κ2) is 4.50. The van der Waals surface area contributed by atoms with Crippen LogP contribution in [0.4, 0.5) is 23.4 Å². The Morgan fingerprint density at radius 3 is 2.76 bits per heavy atom. The number of aromatic nitrogens is 1. The van der Waals surface area contributed by atoms with Crippen molar-refractivity contribution in [3.8, 4) is 0 Å². The van der Waals surface area contributed by atoms with Crippen molar-refractivity contribution in [3.63, 3.8) is 0 Å². The maximum absolute atomic E-state index is 12.5. The molecule has 1 fully saturated rings. The van der Waals surface area contributed by atoms with E-state index in [-0.39, 0.29) is 11.7 Å². The normalized spacial score (nSPS) is 20.9. The largest absolute Gasteiger partial charge is 0.416 e. The average Bonchev–Trinajstić information content (AvgIpc) is 2.76. The number of nitrogens with zero attached hydrogens (tertiary/aromatic N) is 2. The monoisotopic (exact) mass is 248 g/mol. The van der Waals surface area contributed by atoms with Crippen LogP contribution in [0.3, 0.4) is 0 Å². The van der Waals surface area contributed by atoms with Crippen molar-refractivity contribution in [2.45, 2.75) is 12.6 Å². The number of hydrogen-bond acceptors (Lipinski definition) is 2. The molecule has 1 aromatic heterocycles. The number of halogens is 4. The van der Waals surface area contributed by atoms with Gasteiger partial charge in [-0.1, -0.05) is 0 Å². The molecule has 0 amide bonds. The SMILES string of the molecule is FCC1CCN(c2cc(C(F)(F)F)ccn2)C1. The molecular weight excluding hydrogens is 236 g/mol. The topological polar surface area (TPSA) is 16.1 Å². The molecule has 0 saturated carbocycles. The van der Waals surface area contributed by atoms with E-state index in [2.05, 4.69) is 4.98 Å². The van der Waals surface area contributed by atoms with E-state index in [1.807, 2.05) is 0 Å². The molecule has 6 heteroatoms. The summed E-state index contributed by atoms with van der Waals surface area (Å²) in [7, 11) is 0. The Balaban J connectivity index is 2.17. The third kappa shape index (κ3) is 2.68. The van der Waals surface area contributed by atoms with E-state index in [9.17, 15) is 17.6 Å². The van der Waals surface area contributed by atoms with Crippen LogP contribution in [0, 0.1) is 5.92 Å². The summed E-state index contributed by atoms with van der Waals surface area (Å²) >= 11 is 0. The quantitative estimate of drug-likeness (QED) is 0.748. The fourth-order valence-corrected chi connectivity index (χ4v) is 1.93. The van der Waals surface area contributed by atoms with Gasteiger partial charge >= 0.3 is 6.18 Å². The molecular formula is C11H12F4N2. The molecule has 1 aliphatic rings. The van der Waals surface area contributed by atoms with Gasteiger partial charge in [-0.05, 0) is 18.6 Å². The fraction of sp³-hybridized carbons (Fsp3) is 0.545. The first-order valence-electron chi connectivity index (χ1n) is 5.35. The second-order valence-electron chi connectivity index (χ2n) is 4.16. The van der Waals surface area contributed by atoms with E-state index in [4.69, 9.17) is 0 Å². The number of rotatable bonds is 2. The van der Waals surface area contributed by atoms with Crippen molar-refractivity contribution in [2.24, 2.45) is 5.92 Å². The summed E-state index contributed by atoms with van der Waals surface area (Å²) in [6.07, 6.45) is -2.56. The predicted molar refractivity (Wildman–Crippen MR) is 55.5 cm³/mol. The van der Waals surface area contributed by atoms with Crippen LogP contribution in [-0.2, 0) is 6.18 Å². The van der Waals surface area contributed by atoms with Crippen molar-refractivity contribution in [3.05, 3.63) is 23.9 Å². The third-order valence-corrected chi connectivity index (χ3v) is 2.90. The van der Waals surface area contributed by atoms with E-state index in [1.165, 1.54) is 0 Å². The molecule has 0 aromatic carbocycles. The Bertz CT molecular complexity index is 391. The highest BCUT2D eigenvalue weighted by molar-refractivity contribution is 5.42. The zero-order chi connectivity index (χ0) is 12.5. The highest BCUT2D eigenvalue weighted by Crippen LogP contribution is 2.31. The molecule has 2 heterocycles. The van der Waals surface area contributed by atoms with Gasteiger partial charge in [-0.2, -0.15) is 13.2 Å². The molecule has 17 heavy (non-hydrogen) atoms. The van der Waals surface area contributed by atoms with Crippen LogP contribution in [0.25, 0.3) is 0 Å². The molecule has 1 aliphatic heterocycles. The summed E-state index contributed by atoms with van der Waals surface area (Å²) in [6, 6.07) is 1.95. The fourth-order valence-electron chi connectivity index (χ4n) is 1.93. The number of alkyl halides is 4. The zero-order valence-corrected chi connectivity index (χ0v) is 9.04. The van der Waals surface area contributed by atoms with Gasteiger partial charge in [-0.3, -0.25) is 4.39 Å². The predicted octanol–water partition coefficient (Wildman–Crippen LogP) is 2.90. The molecule has 0 spiro atoms. The lowest BCUT2D eigenvalue weighted by molar-refractivity contribution is -0.137. The maximum Gasteiger partial charge on any atom is 0.416 e. The summed E-state index contributed by atoms with van der Waals surface area (Å²) in [4.78, 5) is 5.60. The van der Waals surface area contributed by atoms with Gasteiger partial charge in [0.2, 0.25) is 0 Å². The average molecular weight is 248 g/mol. The molecule has 0 radical (unpaired) electrons. The van der Waals surface area contributed by atoms with E-state index >= 15 is 0 Å². The zero-order valence-electron chi connectivity index (χ0n) is 9.04. The molecule has 1 atom stereocenters. The van der Waals surface area contributed by atoms with E-state index in [0.29, 0.717) is 19.5 Å². The van der Waals surface area contributed by atoms with Crippen molar-refractivity contribution in [2.75, 3.05) is 24.7 Å². The summed E-state index contributed by atoms with van der Waals surface area (Å²) < 4.78 is 49.9. The first-order valence-corrected chi connectivity index (χ1v) is 5.35. The van der Waals surface area contributed by atoms with Crippen LogP contribution in [-0.4, -0.2) is 24.7 Å². The first-order chi connectivity index (χ1) is 8.00. The minimum Gasteiger partial charge on any atom is -0.356 e. The highest BCUT2D eigenvalue weighted by Gasteiger charge is 2.32. The standard InChI is InChI=1S/C11H12F4N2/c12-6-8-2-4-17(7-8)10-5-9(1-3-16-10)11(13,14)15/h1,3,5,8H,2,4,6-7H2. The third-order valence-electron chi connectivity index (χ3n) is 2.90. The minimum atomic E-state index is -4.36. The van der Waals surface area contributed by atoms with Gasteiger partial charge < -0.3 is 4.90 Å². The smallest absolute Gasteiger partial charge is 0.356 e. The van der Waals surface area contributed by atoms with Gasteiger partial charge in [0, 0.05) is 25.2 Å². The lowest BCUT2D eigenvalue weighted by atomic mass is 10.1. The lowest BCUT2D eigenvalue weighted by Gasteiger charge is -2.18. The van der Waals surface area contributed by atoms with Gasteiger partial charge in [0.15, 0.2) is 0 Å². The van der Waals surface area contributed by atoms with Crippen LogP contribution in [0.5, 0.6) is 0 Å². The summed E-state index contributed by atoms with van der Waals surface area (Å²) in [5.41, 5.74) is -0.716. The van der Waals surface area contributed by atoms with Crippen molar-refractivity contribution in [1.82, 2.24) is 4.98 Å². The maximum atomic E-state index is 12.5. The van der Waals surface area contributed by atoms with E-state index in [0.717, 1.165) is 18.3 Å². The van der Waals surface area contributed by atoms with Crippen LogP contribution < -0.4 is 4.90 Å². The molecule has 0 bridgehead atoms. The lowest BCUT2D eigenvalue weighted by Crippen LogP contribution is -2.21. The summed E-state index contributed by atoms with van der Waals surface area (Å²) in [5, 5.41) is 0. The van der Waals surface area contributed by atoms with Crippen LogP contribution in [0.1, 0.15) is 12.0 Å². The number of hydrogen-bond donors (Lipinski definition) is 0. The Morgan fingerprint density at radius 2 is 2.18 bits per heavy atom. The summed E-state index contributed by atoms with van der Waals surface area (Å²) in [5.74, 6) is 0.183. The van der Waals surface area contributed by atoms with E-state index < -0.39 is 18.4 Å². The Kier molecular flexibility index (Phi) is 3.22. The minimum absolute atomic E-state index is 0.0913. The highest BCUT2D eigenvalue weighted by atomic mass is 19.4. The van der Waals surface area contributed by atoms with Crippen LogP contribution >= 0.6 is 0 Å². The van der Waals surface area contributed by atoms with Gasteiger partial charge in [0.05, 0.1) is 12.2 Å². The molecule has 0 aliphatic carbocycles. The molecule has 1 unspecified atom stereocenters. The van der Waals surface area contributed by atoms with Crippen molar-refractivity contribution < 1.29 is 17.6 Å².